The highest BCUT2D eigenvalue weighted by Gasteiger charge is 2.27. The summed E-state index contributed by atoms with van der Waals surface area (Å²) in [6.07, 6.45) is 6.57. The number of anilines is 1. The summed E-state index contributed by atoms with van der Waals surface area (Å²) < 4.78 is 26.9. The maximum absolute atomic E-state index is 12.7. The van der Waals surface area contributed by atoms with E-state index in [0.29, 0.717) is 36.0 Å². The normalized spacial score (nSPS) is 16.7. The Balaban J connectivity index is 1.91. The van der Waals surface area contributed by atoms with Gasteiger partial charge in [0.2, 0.25) is 15.9 Å². The second-order valence-corrected chi connectivity index (χ2v) is 8.91. The number of piperidine rings is 1. The van der Waals surface area contributed by atoms with Gasteiger partial charge in [-0.3, -0.25) is 4.79 Å². The molecule has 0 aliphatic carbocycles. The molecule has 0 unspecified atom stereocenters. The van der Waals surface area contributed by atoms with Crippen LogP contribution < -0.4 is 5.32 Å². The highest BCUT2D eigenvalue weighted by molar-refractivity contribution is 7.89. The maximum Gasteiger partial charge on any atom is 0.243 e. The molecule has 0 spiro atoms. The molecule has 1 aromatic rings. The van der Waals surface area contributed by atoms with Gasteiger partial charge in [-0.15, -0.1) is 0 Å². The standard InChI is InChI=1S/C19H30N2O3S/c1-3-4-5-6-7-19(22)20-17-8-10-18(11-9-17)25(23,24)21-14-12-16(2)13-15-21/h8-11,16H,3-7,12-15H2,1-2H3,(H,20,22). The molecular formula is C19H30N2O3S. The lowest BCUT2D eigenvalue weighted by molar-refractivity contribution is -0.116. The van der Waals surface area contributed by atoms with Crippen LogP contribution in [0, 0.1) is 5.92 Å². The van der Waals surface area contributed by atoms with Gasteiger partial charge in [0, 0.05) is 25.2 Å². The zero-order valence-electron chi connectivity index (χ0n) is 15.3. The third-order valence-electron chi connectivity index (χ3n) is 4.78. The lowest BCUT2D eigenvalue weighted by atomic mass is 10.0. The zero-order chi connectivity index (χ0) is 18.3. The highest BCUT2D eigenvalue weighted by atomic mass is 32.2. The molecule has 140 valence electrons. The topological polar surface area (TPSA) is 66.5 Å². The molecule has 1 fully saturated rings. The molecule has 1 aliphatic heterocycles. The quantitative estimate of drug-likeness (QED) is 0.707. The maximum atomic E-state index is 12.7. The van der Waals surface area contributed by atoms with Gasteiger partial charge in [-0.05, 0) is 49.4 Å². The van der Waals surface area contributed by atoms with Crippen molar-refractivity contribution < 1.29 is 13.2 Å². The molecule has 1 saturated heterocycles. The second-order valence-electron chi connectivity index (χ2n) is 6.97. The molecule has 0 atom stereocenters. The van der Waals surface area contributed by atoms with Crippen LogP contribution in [0.3, 0.4) is 0 Å². The Morgan fingerprint density at radius 1 is 1.12 bits per heavy atom. The number of unbranched alkanes of at least 4 members (excludes halogenated alkanes) is 3. The van der Waals surface area contributed by atoms with Gasteiger partial charge < -0.3 is 5.32 Å². The molecule has 0 aromatic heterocycles. The molecule has 5 nitrogen and oxygen atoms in total. The minimum Gasteiger partial charge on any atom is -0.326 e. The van der Waals surface area contributed by atoms with E-state index in [1.165, 1.54) is 0 Å². The van der Waals surface area contributed by atoms with Crippen LogP contribution in [0.2, 0.25) is 0 Å². The molecule has 1 N–H and O–H groups in total. The van der Waals surface area contributed by atoms with Crippen LogP contribution >= 0.6 is 0 Å². The predicted molar refractivity (Wildman–Crippen MR) is 101 cm³/mol. The number of rotatable bonds is 8. The highest BCUT2D eigenvalue weighted by Crippen LogP contribution is 2.24. The monoisotopic (exact) mass is 366 g/mol. The van der Waals surface area contributed by atoms with E-state index in [4.69, 9.17) is 0 Å². The van der Waals surface area contributed by atoms with E-state index in [0.717, 1.165) is 38.5 Å². The smallest absolute Gasteiger partial charge is 0.243 e. The van der Waals surface area contributed by atoms with Gasteiger partial charge in [0.15, 0.2) is 0 Å². The van der Waals surface area contributed by atoms with E-state index in [2.05, 4.69) is 19.2 Å². The Labute approximate surface area is 151 Å². The first-order chi connectivity index (χ1) is 11.9. The van der Waals surface area contributed by atoms with E-state index in [1.54, 1.807) is 28.6 Å². The summed E-state index contributed by atoms with van der Waals surface area (Å²) in [7, 11) is -3.43. The average Bonchev–Trinajstić information content (AvgIpc) is 2.60. The van der Waals surface area contributed by atoms with Gasteiger partial charge in [0.25, 0.3) is 0 Å². The van der Waals surface area contributed by atoms with Crippen molar-refractivity contribution in [3.05, 3.63) is 24.3 Å². The van der Waals surface area contributed by atoms with Crippen LogP contribution in [-0.4, -0.2) is 31.7 Å². The summed E-state index contributed by atoms with van der Waals surface area (Å²) in [6.45, 7) is 5.46. The van der Waals surface area contributed by atoms with E-state index in [-0.39, 0.29) is 5.91 Å². The van der Waals surface area contributed by atoms with E-state index in [9.17, 15) is 13.2 Å². The van der Waals surface area contributed by atoms with Crippen molar-refractivity contribution in [2.75, 3.05) is 18.4 Å². The molecule has 1 aliphatic rings. The SMILES string of the molecule is CCCCCCC(=O)Nc1ccc(S(=O)(=O)N2CCC(C)CC2)cc1. The Bertz CT molecular complexity index is 648. The first kappa shape index (κ1) is 19.9. The minimum absolute atomic E-state index is 0.0169. The number of carbonyl (C=O) groups excluding carboxylic acids is 1. The number of nitrogens with zero attached hydrogens (tertiary/aromatic N) is 1. The molecule has 1 aromatic carbocycles. The predicted octanol–water partition coefficient (Wildman–Crippen LogP) is 4.02. The largest absolute Gasteiger partial charge is 0.326 e. The molecule has 25 heavy (non-hydrogen) atoms. The molecule has 0 radical (unpaired) electrons. The summed E-state index contributed by atoms with van der Waals surface area (Å²) >= 11 is 0. The van der Waals surface area contributed by atoms with Gasteiger partial charge >= 0.3 is 0 Å². The Morgan fingerprint density at radius 3 is 2.36 bits per heavy atom. The van der Waals surface area contributed by atoms with Crippen molar-refractivity contribution in [3.63, 3.8) is 0 Å². The van der Waals surface area contributed by atoms with Crippen molar-refractivity contribution >= 4 is 21.6 Å². The number of benzene rings is 1. The van der Waals surface area contributed by atoms with Crippen LogP contribution in [-0.2, 0) is 14.8 Å². The molecule has 6 heteroatoms. The summed E-state index contributed by atoms with van der Waals surface area (Å²) in [6, 6.07) is 6.51. The van der Waals surface area contributed by atoms with E-state index < -0.39 is 10.0 Å². The average molecular weight is 367 g/mol. The molecule has 0 bridgehead atoms. The van der Waals surface area contributed by atoms with Crippen LogP contribution in [0.5, 0.6) is 0 Å². The van der Waals surface area contributed by atoms with Crippen molar-refractivity contribution in [3.8, 4) is 0 Å². The van der Waals surface area contributed by atoms with Crippen molar-refractivity contribution in [2.24, 2.45) is 5.92 Å². The van der Waals surface area contributed by atoms with Crippen LogP contribution in [0.25, 0.3) is 0 Å². The van der Waals surface area contributed by atoms with Crippen molar-refractivity contribution in [2.45, 2.75) is 63.7 Å². The first-order valence-corrected chi connectivity index (χ1v) is 10.8. The molecular weight excluding hydrogens is 336 g/mol. The molecule has 0 saturated carbocycles. The van der Waals surface area contributed by atoms with Gasteiger partial charge in [0.1, 0.15) is 0 Å². The van der Waals surface area contributed by atoms with E-state index in [1.807, 2.05) is 0 Å². The number of hydrogen-bond donors (Lipinski definition) is 1. The fourth-order valence-corrected chi connectivity index (χ4v) is 4.49. The van der Waals surface area contributed by atoms with Gasteiger partial charge in [-0.25, -0.2) is 8.42 Å². The van der Waals surface area contributed by atoms with Crippen molar-refractivity contribution in [1.29, 1.82) is 0 Å². The summed E-state index contributed by atoms with van der Waals surface area (Å²) in [4.78, 5) is 12.2. The number of nitrogens with one attached hydrogen (secondary N) is 1. The fourth-order valence-electron chi connectivity index (χ4n) is 3.02. The van der Waals surface area contributed by atoms with Gasteiger partial charge in [-0.2, -0.15) is 4.31 Å². The van der Waals surface area contributed by atoms with Crippen LogP contribution in [0.1, 0.15) is 58.8 Å². The Hall–Kier alpha value is -1.40. The molecule has 2 rings (SSSR count). The minimum atomic E-state index is -3.43. The van der Waals surface area contributed by atoms with Gasteiger partial charge in [0.05, 0.1) is 4.90 Å². The Kier molecular flexibility index (Phi) is 7.44. The Morgan fingerprint density at radius 2 is 1.76 bits per heavy atom. The number of sulfonamides is 1. The fraction of sp³-hybridized carbons (Fsp3) is 0.632. The van der Waals surface area contributed by atoms with Crippen molar-refractivity contribution in [1.82, 2.24) is 4.31 Å². The summed E-state index contributed by atoms with van der Waals surface area (Å²) in [5.41, 5.74) is 0.645. The molecule has 1 heterocycles. The lowest BCUT2D eigenvalue weighted by Crippen LogP contribution is -2.37. The van der Waals surface area contributed by atoms with Crippen LogP contribution in [0.4, 0.5) is 5.69 Å². The number of amides is 1. The summed E-state index contributed by atoms with van der Waals surface area (Å²) in [5.74, 6) is 0.568. The number of carbonyl (C=O) groups is 1. The first-order valence-electron chi connectivity index (χ1n) is 9.33. The number of hydrogen-bond acceptors (Lipinski definition) is 3. The molecule has 1 amide bonds. The van der Waals surface area contributed by atoms with Gasteiger partial charge in [-0.1, -0.05) is 33.1 Å². The third kappa shape index (κ3) is 5.82. The third-order valence-corrected chi connectivity index (χ3v) is 6.69. The summed E-state index contributed by atoms with van der Waals surface area (Å²) in [5, 5.41) is 2.84. The van der Waals surface area contributed by atoms with Crippen LogP contribution in [0.15, 0.2) is 29.2 Å². The second kappa shape index (κ2) is 9.34. The zero-order valence-corrected chi connectivity index (χ0v) is 16.1. The lowest BCUT2D eigenvalue weighted by Gasteiger charge is -2.29. The van der Waals surface area contributed by atoms with E-state index >= 15 is 0 Å².